The van der Waals surface area contributed by atoms with Gasteiger partial charge in [0.25, 0.3) is 0 Å². The first-order chi connectivity index (χ1) is 5.24. The zero-order valence-corrected chi connectivity index (χ0v) is 6.49. The van der Waals surface area contributed by atoms with Crippen LogP contribution >= 0.6 is 0 Å². The lowest BCUT2D eigenvalue weighted by Gasteiger charge is -2.14. The summed E-state index contributed by atoms with van der Waals surface area (Å²) in [6.45, 7) is 2.69. The van der Waals surface area contributed by atoms with Gasteiger partial charge in [-0.3, -0.25) is 5.01 Å². The van der Waals surface area contributed by atoms with E-state index in [0.29, 0.717) is 5.69 Å². The van der Waals surface area contributed by atoms with E-state index in [-0.39, 0.29) is 0 Å². The molecule has 1 rings (SSSR count). The van der Waals surface area contributed by atoms with Gasteiger partial charge in [-0.15, -0.1) is 0 Å². The normalized spacial score (nSPS) is 9.64. The van der Waals surface area contributed by atoms with Crippen LogP contribution in [0.25, 0.3) is 0 Å². The number of hydrazine groups is 1. The van der Waals surface area contributed by atoms with E-state index in [1.807, 2.05) is 6.92 Å². The van der Waals surface area contributed by atoms with Gasteiger partial charge in [-0.05, 0) is 19.1 Å². The number of anilines is 2. The van der Waals surface area contributed by atoms with Crippen molar-refractivity contribution in [3.8, 4) is 0 Å². The molecule has 0 aliphatic heterocycles. The molecule has 4 nitrogen and oxygen atoms in total. The lowest BCUT2D eigenvalue weighted by atomic mass is 10.4. The number of hydrogen-bond acceptors (Lipinski definition) is 4. The van der Waals surface area contributed by atoms with Gasteiger partial charge >= 0.3 is 0 Å². The minimum Gasteiger partial charge on any atom is -0.397 e. The molecule has 1 heterocycles. The van der Waals surface area contributed by atoms with Gasteiger partial charge in [-0.2, -0.15) is 0 Å². The number of pyridine rings is 1. The summed E-state index contributed by atoms with van der Waals surface area (Å²) in [7, 11) is 0. The molecule has 0 bridgehead atoms. The Morgan fingerprint density at radius 1 is 1.55 bits per heavy atom. The van der Waals surface area contributed by atoms with Crippen molar-refractivity contribution in [3.05, 3.63) is 18.3 Å². The topological polar surface area (TPSA) is 68.2 Å². The highest BCUT2D eigenvalue weighted by molar-refractivity contribution is 5.44. The Morgan fingerprint density at radius 2 is 2.27 bits per heavy atom. The van der Waals surface area contributed by atoms with Gasteiger partial charge in [0.15, 0.2) is 0 Å². The van der Waals surface area contributed by atoms with E-state index < -0.39 is 0 Å². The molecule has 0 aliphatic carbocycles. The van der Waals surface area contributed by atoms with E-state index in [0.717, 1.165) is 12.4 Å². The fourth-order valence-corrected chi connectivity index (χ4v) is 0.729. The van der Waals surface area contributed by atoms with Gasteiger partial charge in [0.05, 0.1) is 11.9 Å². The highest BCUT2D eigenvalue weighted by Gasteiger charge is 1.97. The van der Waals surface area contributed by atoms with Gasteiger partial charge in [0.1, 0.15) is 5.82 Å². The summed E-state index contributed by atoms with van der Waals surface area (Å²) in [5.74, 6) is 6.31. The Bertz CT molecular complexity index is 218. The largest absolute Gasteiger partial charge is 0.397 e. The molecule has 0 radical (unpaired) electrons. The number of nitrogens with two attached hydrogens (primary N) is 2. The van der Waals surface area contributed by atoms with Crippen LogP contribution < -0.4 is 16.6 Å². The minimum absolute atomic E-state index is 0.651. The first kappa shape index (κ1) is 7.81. The van der Waals surface area contributed by atoms with Crippen molar-refractivity contribution in [2.45, 2.75) is 6.92 Å². The second kappa shape index (κ2) is 3.21. The van der Waals surface area contributed by atoms with Gasteiger partial charge in [-0.1, -0.05) is 0 Å². The van der Waals surface area contributed by atoms with Crippen LogP contribution in [-0.2, 0) is 0 Å². The molecule has 0 fully saturated rings. The predicted molar refractivity (Wildman–Crippen MR) is 45.9 cm³/mol. The maximum Gasteiger partial charge on any atom is 0.142 e. The highest BCUT2D eigenvalue weighted by Crippen LogP contribution is 2.07. The van der Waals surface area contributed by atoms with Crippen LogP contribution in [-0.4, -0.2) is 11.5 Å². The smallest absolute Gasteiger partial charge is 0.142 e. The van der Waals surface area contributed by atoms with E-state index in [9.17, 15) is 0 Å². The number of aromatic nitrogens is 1. The third-order valence-corrected chi connectivity index (χ3v) is 1.41. The molecule has 0 amide bonds. The molecule has 60 valence electrons. The lowest BCUT2D eigenvalue weighted by molar-refractivity contribution is 0.869. The Morgan fingerprint density at radius 3 is 2.73 bits per heavy atom. The van der Waals surface area contributed by atoms with Crippen molar-refractivity contribution in [2.24, 2.45) is 5.84 Å². The number of rotatable bonds is 2. The Labute approximate surface area is 65.8 Å². The number of nitrogens with zero attached hydrogens (tertiary/aromatic N) is 2. The maximum absolute atomic E-state index is 5.57. The van der Waals surface area contributed by atoms with E-state index in [1.165, 1.54) is 0 Å². The molecule has 0 spiro atoms. The van der Waals surface area contributed by atoms with E-state index in [4.69, 9.17) is 11.6 Å². The van der Waals surface area contributed by atoms with Crippen molar-refractivity contribution < 1.29 is 0 Å². The Hall–Kier alpha value is -1.29. The van der Waals surface area contributed by atoms with E-state index >= 15 is 0 Å². The lowest BCUT2D eigenvalue weighted by Crippen LogP contribution is -2.30. The predicted octanol–water partition coefficient (Wildman–Crippen LogP) is 0.364. The van der Waals surface area contributed by atoms with Crippen molar-refractivity contribution in [3.63, 3.8) is 0 Å². The molecule has 4 N–H and O–H groups in total. The fourth-order valence-electron chi connectivity index (χ4n) is 0.729. The fraction of sp³-hybridized carbons (Fsp3) is 0.286. The van der Waals surface area contributed by atoms with Crippen LogP contribution in [0.3, 0.4) is 0 Å². The number of hydrogen-bond donors (Lipinski definition) is 2. The molecule has 4 heteroatoms. The summed E-state index contributed by atoms with van der Waals surface area (Å²) >= 11 is 0. The quantitative estimate of drug-likeness (QED) is 0.474. The van der Waals surface area contributed by atoms with Crippen molar-refractivity contribution in [1.82, 2.24) is 4.98 Å². The van der Waals surface area contributed by atoms with Crippen LogP contribution in [0.5, 0.6) is 0 Å². The molecule has 0 unspecified atom stereocenters. The molecule has 0 atom stereocenters. The van der Waals surface area contributed by atoms with Crippen molar-refractivity contribution in [1.29, 1.82) is 0 Å². The molecule has 0 saturated heterocycles. The van der Waals surface area contributed by atoms with Gasteiger partial charge in [0.2, 0.25) is 0 Å². The molecular formula is C7H12N4. The molecular weight excluding hydrogens is 140 g/mol. The molecule has 0 saturated carbocycles. The first-order valence-electron chi connectivity index (χ1n) is 3.47. The van der Waals surface area contributed by atoms with Crippen LogP contribution in [0.1, 0.15) is 6.92 Å². The summed E-state index contributed by atoms with van der Waals surface area (Å²) in [6, 6.07) is 3.57. The third kappa shape index (κ3) is 1.81. The minimum atomic E-state index is 0.651. The van der Waals surface area contributed by atoms with Gasteiger partial charge in [0, 0.05) is 6.54 Å². The molecule has 1 aromatic rings. The molecule has 1 aromatic heterocycles. The number of nitrogen functional groups attached to an aromatic ring is 1. The van der Waals surface area contributed by atoms with Crippen LogP contribution in [0, 0.1) is 0 Å². The maximum atomic E-state index is 5.57. The highest BCUT2D eigenvalue weighted by atomic mass is 15.4. The van der Waals surface area contributed by atoms with Gasteiger partial charge in [-0.25, -0.2) is 10.8 Å². The van der Waals surface area contributed by atoms with E-state index in [2.05, 4.69) is 4.98 Å². The zero-order chi connectivity index (χ0) is 8.27. The zero-order valence-electron chi connectivity index (χ0n) is 6.49. The molecule has 11 heavy (non-hydrogen) atoms. The van der Waals surface area contributed by atoms with Crippen molar-refractivity contribution >= 4 is 11.5 Å². The summed E-state index contributed by atoms with van der Waals surface area (Å²) in [5, 5.41) is 1.56. The Balaban J connectivity index is 2.81. The standard InChI is InChI=1S/C7H12N4/c1-2-11(9)7-4-3-6(8)5-10-7/h3-5H,2,8-9H2,1H3. The molecule has 0 aromatic carbocycles. The third-order valence-electron chi connectivity index (χ3n) is 1.41. The average Bonchev–Trinajstić information content (AvgIpc) is 2.05. The summed E-state index contributed by atoms with van der Waals surface area (Å²) in [6.07, 6.45) is 1.59. The van der Waals surface area contributed by atoms with Crippen LogP contribution in [0.15, 0.2) is 18.3 Å². The summed E-state index contributed by atoms with van der Waals surface area (Å²) < 4.78 is 0. The monoisotopic (exact) mass is 152 g/mol. The summed E-state index contributed by atoms with van der Waals surface area (Å²) in [5.41, 5.74) is 6.10. The second-order valence-corrected chi connectivity index (χ2v) is 2.24. The average molecular weight is 152 g/mol. The van der Waals surface area contributed by atoms with Crippen molar-refractivity contribution in [2.75, 3.05) is 17.3 Å². The first-order valence-corrected chi connectivity index (χ1v) is 3.47. The van der Waals surface area contributed by atoms with Gasteiger partial charge < -0.3 is 5.73 Å². The Kier molecular flexibility index (Phi) is 2.28. The SMILES string of the molecule is CCN(N)c1ccc(N)cn1. The summed E-state index contributed by atoms with van der Waals surface area (Å²) in [4.78, 5) is 4.02. The molecule has 0 aliphatic rings. The van der Waals surface area contributed by atoms with Crippen LogP contribution in [0.4, 0.5) is 11.5 Å². The second-order valence-electron chi connectivity index (χ2n) is 2.24. The van der Waals surface area contributed by atoms with Crippen LogP contribution in [0.2, 0.25) is 0 Å². The van der Waals surface area contributed by atoms with E-state index in [1.54, 1.807) is 23.3 Å².